The molecule has 0 spiro atoms. The van der Waals surface area contributed by atoms with Crippen molar-refractivity contribution in [2.45, 2.75) is 65.3 Å². The van der Waals surface area contributed by atoms with E-state index in [0.717, 1.165) is 32.1 Å². The molecule has 1 aliphatic heterocycles. The number of hydrogen-bond donors (Lipinski definition) is 0. The number of Topliss-reactive ketones (excluding diaryl/α,β-unsaturated/α-hetero) is 1. The van der Waals surface area contributed by atoms with Crippen molar-refractivity contribution in [1.29, 1.82) is 0 Å². The molecule has 158 valence electrons. The van der Waals surface area contributed by atoms with Crippen LogP contribution in [0.5, 0.6) is 0 Å². The second kappa shape index (κ2) is 7.92. The average Bonchev–Trinajstić information content (AvgIpc) is 2.83. The molecule has 2 fully saturated rings. The number of rotatable bonds is 5. The van der Waals surface area contributed by atoms with Crippen molar-refractivity contribution in [3.8, 4) is 0 Å². The summed E-state index contributed by atoms with van der Waals surface area (Å²) in [5.74, 6) is 0.580. The Labute approximate surface area is 174 Å². The Bertz CT molecular complexity index is 779. The fraction of sp³-hybridized carbons (Fsp3) is 0.625. The van der Waals surface area contributed by atoms with Crippen LogP contribution in [0.4, 0.5) is 4.79 Å². The Kier molecular flexibility index (Phi) is 5.88. The fourth-order valence-corrected chi connectivity index (χ4v) is 5.67. The minimum atomic E-state index is -0.928. The summed E-state index contributed by atoms with van der Waals surface area (Å²) >= 11 is 0. The molecule has 1 saturated heterocycles. The van der Waals surface area contributed by atoms with Gasteiger partial charge in [0, 0.05) is 18.0 Å². The third kappa shape index (κ3) is 3.49. The molecule has 2 unspecified atom stereocenters. The number of ketones is 1. The number of nitrogens with zero attached hydrogens (tertiary/aromatic N) is 2. The molecular formula is C24H34N2O3. The van der Waals surface area contributed by atoms with Crippen LogP contribution < -0.4 is 0 Å². The van der Waals surface area contributed by atoms with E-state index >= 15 is 0 Å². The number of imide groups is 1. The Morgan fingerprint density at radius 3 is 2.14 bits per heavy atom. The molecule has 1 aliphatic carbocycles. The zero-order valence-electron chi connectivity index (χ0n) is 18.4. The smallest absolute Gasteiger partial charge is 0.312 e. The first kappa shape index (κ1) is 21.5. The lowest BCUT2D eigenvalue weighted by molar-refractivity contribution is -0.140. The highest BCUT2D eigenvalue weighted by molar-refractivity contribution is 6.11. The number of carbonyl (C=O) groups excluding carboxylic acids is 3. The molecule has 0 bridgehead atoms. The number of hydrogen-bond acceptors (Lipinski definition) is 3. The van der Waals surface area contributed by atoms with Crippen LogP contribution in [-0.4, -0.2) is 46.7 Å². The molecule has 4 atom stereocenters. The molecule has 1 aromatic rings. The zero-order chi connectivity index (χ0) is 21.4. The minimum Gasteiger partial charge on any atom is -0.312 e. The highest BCUT2D eigenvalue weighted by Crippen LogP contribution is 2.54. The molecule has 1 heterocycles. The predicted molar refractivity (Wildman–Crippen MR) is 114 cm³/mol. The largest absolute Gasteiger partial charge is 0.327 e. The molecule has 5 nitrogen and oxygen atoms in total. The molecule has 0 N–H and O–H groups in total. The lowest BCUT2D eigenvalue weighted by atomic mass is 9.61. The van der Waals surface area contributed by atoms with E-state index in [1.54, 1.807) is 36.2 Å². The van der Waals surface area contributed by atoms with Crippen molar-refractivity contribution >= 4 is 17.7 Å². The third-order valence-corrected chi connectivity index (χ3v) is 7.59. The first-order chi connectivity index (χ1) is 13.7. The number of likely N-dealkylation sites (N-methyl/N-ethyl adjacent to an activating group) is 1. The molecule has 5 heteroatoms. The van der Waals surface area contributed by atoms with Gasteiger partial charge in [-0.1, -0.05) is 63.9 Å². The van der Waals surface area contributed by atoms with Gasteiger partial charge in [0.1, 0.15) is 5.54 Å². The van der Waals surface area contributed by atoms with E-state index in [-0.39, 0.29) is 29.7 Å². The molecule has 0 aromatic heterocycles. The molecule has 2 aliphatic rings. The van der Waals surface area contributed by atoms with E-state index in [1.807, 2.05) is 13.0 Å². The lowest BCUT2D eigenvalue weighted by Crippen LogP contribution is -2.59. The maximum atomic E-state index is 13.7. The summed E-state index contributed by atoms with van der Waals surface area (Å²) in [6.07, 6.45) is 4.99. The van der Waals surface area contributed by atoms with Crippen molar-refractivity contribution in [3.05, 3.63) is 35.9 Å². The maximum Gasteiger partial charge on any atom is 0.327 e. The SMILES string of the molecule is CCC1(C2(C)C(=O)N(CC(=O)c3ccccc3)C(=O)N2C)C[C@H](C)CC[C@H](C)C1. The first-order valence-electron chi connectivity index (χ1n) is 10.8. The summed E-state index contributed by atoms with van der Waals surface area (Å²) in [4.78, 5) is 42.4. The van der Waals surface area contributed by atoms with Crippen molar-refractivity contribution in [1.82, 2.24) is 9.80 Å². The number of urea groups is 1. The van der Waals surface area contributed by atoms with Gasteiger partial charge in [-0.2, -0.15) is 0 Å². The van der Waals surface area contributed by atoms with Crippen molar-refractivity contribution in [3.63, 3.8) is 0 Å². The Morgan fingerprint density at radius 1 is 1.07 bits per heavy atom. The Hall–Kier alpha value is -2.17. The van der Waals surface area contributed by atoms with Crippen LogP contribution in [0.25, 0.3) is 0 Å². The molecule has 3 amide bonds. The van der Waals surface area contributed by atoms with Crippen molar-refractivity contribution in [2.75, 3.05) is 13.6 Å². The standard InChI is InChI=1S/C24H34N2O3/c1-6-24(14-17(2)12-13-18(3)15-24)23(4)21(28)26(22(29)25(23)5)16-20(27)19-10-8-7-9-11-19/h7-11,17-18H,6,12-16H2,1-5H3/t17-,18+,23?,24?. The summed E-state index contributed by atoms with van der Waals surface area (Å²) in [6.45, 7) is 8.37. The summed E-state index contributed by atoms with van der Waals surface area (Å²) < 4.78 is 0. The van der Waals surface area contributed by atoms with Crippen molar-refractivity contribution < 1.29 is 14.4 Å². The van der Waals surface area contributed by atoms with Crippen LogP contribution in [0.15, 0.2) is 30.3 Å². The first-order valence-corrected chi connectivity index (χ1v) is 10.8. The van der Waals surface area contributed by atoms with Gasteiger partial charge >= 0.3 is 6.03 Å². The quantitative estimate of drug-likeness (QED) is 0.408. The van der Waals surface area contributed by atoms with Gasteiger partial charge in [0.15, 0.2) is 5.78 Å². The normalized spacial score (nSPS) is 33.1. The highest BCUT2D eigenvalue weighted by Gasteiger charge is 2.63. The number of amides is 3. The summed E-state index contributed by atoms with van der Waals surface area (Å²) in [6, 6.07) is 8.50. The van der Waals surface area contributed by atoms with Gasteiger partial charge in [-0.3, -0.25) is 14.5 Å². The highest BCUT2D eigenvalue weighted by atomic mass is 16.2. The topological polar surface area (TPSA) is 57.7 Å². The second-order valence-corrected chi connectivity index (χ2v) is 9.42. The lowest BCUT2D eigenvalue weighted by Gasteiger charge is -2.49. The third-order valence-electron chi connectivity index (χ3n) is 7.59. The van der Waals surface area contributed by atoms with E-state index in [1.165, 1.54) is 4.90 Å². The Morgan fingerprint density at radius 2 is 1.62 bits per heavy atom. The average molecular weight is 399 g/mol. The van der Waals surface area contributed by atoms with Gasteiger partial charge in [-0.15, -0.1) is 0 Å². The van der Waals surface area contributed by atoms with E-state index in [0.29, 0.717) is 17.4 Å². The van der Waals surface area contributed by atoms with Crippen LogP contribution in [0, 0.1) is 17.3 Å². The second-order valence-electron chi connectivity index (χ2n) is 9.42. The van der Waals surface area contributed by atoms with Gasteiger partial charge in [-0.25, -0.2) is 4.79 Å². The van der Waals surface area contributed by atoms with Crippen molar-refractivity contribution in [2.24, 2.45) is 17.3 Å². The van der Waals surface area contributed by atoms with E-state index in [4.69, 9.17) is 0 Å². The minimum absolute atomic E-state index is 0.202. The monoisotopic (exact) mass is 398 g/mol. The van der Waals surface area contributed by atoms with E-state index < -0.39 is 5.54 Å². The molecular weight excluding hydrogens is 364 g/mol. The number of carbonyl (C=O) groups is 3. The Balaban J connectivity index is 1.95. The summed E-state index contributed by atoms with van der Waals surface area (Å²) in [5.41, 5.74) is -0.692. The van der Waals surface area contributed by atoms with Gasteiger partial charge in [0.2, 0.25) is 0 Å². The molecule has 29 heavy (non-hydrogen) atoms. The van der Waals surface area contributed by atoms with Crippen LogP contribution >= 0.6 is 0 Å². The predicted octanol–water partition coefficient (Wildman–Crippen LogP) is 4.76. The van der Waals surface area contributed by atoms with Gasteiger partial charge in [0.25, 0.3) is 5.91 Å². The molecule has 0 radical (unpaired) electrons. The maximum absolute atomic E-state index is 13.7. The number of benzene rings is 1. The molecule has 1 aromatic carbocycles. The van der Waals surface area contributed by atoms with Crippen LogP contribution in [0.3, 0.4) is 0 Å². The van der Waals surface area contributed by atoms with Crippen LogP contribution in [0.2, 0.25) is 0 Å². The van der Waals surface area contributed by atoms with E-state index in [9.17, 15) is 14.4 Å². The van der Waals surface area contributed by atoms with Crippen LogP contribution in [-0.2, 0) is 4.79 Å². The van der Waals surface area contributed by atoms with Crippen LogP contribution in [0.1, 0.15) is 70.2 Å². The van der Waals surface area contributed by atoms with Gasteiger partial charge in [-0.05, 0) is 38.0 Å². The molecule has 3 rings (SSSR count). The molecule has 1 saturated carbocycles. The summed E-state index contributed by atoms with van der Waals surface area (Å²) in [7, 11) is 1.73. The zero-order valence-corrected chi connectivity index (χ0v) is 18.4. The fourth-order valence-electron chi connectivity index (χ4n) is 5.67. The summed E-state index contributed by atoms with van der Waals surface area (Å²) in [5, 5.41) is 0. The van der Waals surface area contributed by atoms with E-state index in [2.05, 4.69) is 20.8 Å². The van der Waals surface area contributed by atoms with Gasteiger partial charge < -0.3 is 4.90 Å². The van der Waals surface area contributed by atoms with Gasteiger partial charge in [0.05, 0.1) is 6.54 Å².